The molecule has 24 heavy (non-hydrogen) atoms. The zero-order valence-electron chi connectivity index (χ0n) is 15.7. The fourth-order valence-electron chi connectivity index (χ4n) is 2.66. The van der Waals surface area contributed by atoms with Crippen molar-refractivity contribution in [2.75, 3.05) is 48.4 Å². The van der Waals surface area contributed by atoms with Gasteiger partial charge in [0.2, 0.25) is 0 Å². The second kappa shape index (κ2) is 10.7. The summed E-state index contributed by atoms with van der Waals surface area (Å²) < 4.78 is 5.52. The van der Waals surface area contributed by atoms with Crippen molar-refractivity contribution < 1.29 is 4.74 Å². The fourth-order valence-corrected chi connectivity index (χ4v) is 2.66. The van der Waals surface area contributed by atoms with Gasteiger partial charge in [-0.25, -0.2) is 0 Å². The molecule has 0 radical (unpaired) electrons. The number of allylic oxidation sites excluding steroid dienone is 1. The second-order valence-corrected chi connectivity index (χ2v) is 6.00. The number of benzene rings is 1. The molecule has 0 aliphatic carbocycles. The molecule has 0 aromatic heterocycles. The topological polar surface area (TPSA) is 40.1 Å². The summed E-state index contributed by atoms with van der Waals surface area (Å²) in [6, 6.07) is 8.35. The first-order valence-electron chi connectivity index (χ1n) is 8.37. The maximum absolute atomic E-state index is 5.52. The van der Waals surface area contributed by atoms with E-state index in [4.69, 9.17) is 4.74 Å². The molecule has 0 bridgehead atoms. The van der Waals surface area contributed by atoms with E-state index in [2.05, 4.69) is 53.9 Å². The minimum Gasteiger partial charge on any atom is -0.496 e. The molecule has 0 fully saturated rings. The van der Waals surface area contributed by atoms with Crippen LogP contribution in [0.5, 0.6) is 5.75 Å². The molecule has 0 spiro atoms. The van der Waals surface area contributed by atoms with Crippen LogP contribution < -0.4 is 10.1 Å². The number of para-hydroxylation sites is 1. The Bertz CT molecular complexity index is 528. The van der Waals surface area contributed by atoms with Gasteiger partial charge in [-0.05, 0) is 33.0 Å². The van der Waals surface area contributed by atoms with Crippen molar-refractivity contribution in [1.82, 2.24) is 15.1 Å². The summed E-state index contributed by atoms with van der Waals surface area (Å²) in [5.74, 6) is 1.81. The molecule has 0 saturated heterocycles. The Balaban J connectivity index is 2.76. The summed E-state index contributed by atoms with van der Waals surface area (Å²) in [6.45, 7) is 5.48. The van der Waals surface area contributed by atoms with Crippen LogP contribution in [0.1, 0.15) is 24.4 Å². The molecule has 5 heteroatoms. The summed E-state index contributed by atoms with van der Waals surface area (Å²) in [5, 5.41) is 3.48. The second-order valence-electron chi connectivity index (χ2n) is 6.00. The molecular weight excluding hydrogens is 300 g/mol. The number of hydrogen-bond donors (Lipinski definition) is 1. The van der Waals surface area contributed by atoms with Gasteiger partial charge in [0.15, 0.2) is 5.96 Å². The Hall–Kier alpha value is -2.01. The Labute approximate surface area is 147 Å². The first-order chi connectivity index (χ1) is 11.5. The summed E-state index contributed by atoms with van der Waals surface area (Å²) in [4.78, 5) is 8.73. The van der Waals surface area contributed by atoms with E-state index >= 15 is 0 Å². The molecule has 1 atom stereocenters. The van der Waals surface area contributed by atoms with E-state index in [1.165, 1.54) is 5.56 Å². The number of nitrogens with one attached hydrogen (secondary N) is 1. The molecule has 1 aromatic carbocycles. The number of likely N-dealkylation sites (N-methyl/N-ethyl adjacent to an activating group) is 1. The largest absolute Gasteiger partial charge is 0.496 e. The maximum Gasteiger partial charge on any atom is 0.193 e. The molecule has 1 rings (SSSR count). The van der Waals surface area contributed by atoms with Crippen LogP contribution in [0.15, 0.2) is 41.9 Å². The van der Waals surface area contributed by atoms with E-state index in [1.807, 2.05) is 31.3 Å². The van der Waals surface area contributed by atoms with Gasteiger partial charge in [-0.3, -0.25) is 4.99 Å². The fraction of sp³-hybridized carbons (Fsp3) is 0.526. The monoisotopic (exact) mass is 332 g/mol. The van der Waals surface area contributed by atoms with Crippen molar-refractivity contribution in [2.45, 2.75) is 18.9 Å². The van der Waals surface area contributed by atoms with Gasteiger partial charge in [0, 0.05) is 32.7 Å². The van der Waals surface area contributed by atoms with Crippen LogP contribution in [0.4, 0.5) is 0 Å². The lowest BCUT2D eigenvalue weighted by Gasteiger charge is -2.29. The third-order valence-electron chi connectivity index (χ3n) is 4.05. The smallest absolute Gasteiger partial charge is 0.193 e. The quantitative estimate of drug-likeness (QED) is 0.327. The highest BCUT2D eigenvalue weighted by Crippen LogP contribution is 2.27. The van der Waals surface area contributed by atoms with Crippen molar-refractivity contribution in [3.63, 3.8) is 0 Å². The van der Waals surface area contributed by atoms with Gasteiger partial charge in [0.1, 0.15) is 5.75 Å². The van der Waals surface area contributed by atoms with E-state index in [1.54, 1.807) is 7.11 Å². The van der Waals surface area contributed by atoms with Gasteiger partial charge in [-0.15, -0.1) is 6.58 Å². The first-order valence-corrected chi connectivity index (χ1v) is 8.37. The third-order valence-corrected chi connectivity index (χ3v) is 4.05. The van der Waals surface area contributed by atoms with E-state index in [9.17, 15) is 0 Å². The minimum absolute atomic E-state index is 0.194. The van der Waals surface area contributed by atoms with Crippen LogP contribution in [0.3, 0.4) is 0 Å². The number of methoxy groups -OCH3 is 1. The molecule has 1 N–H and O–H groups in total. The lowest BCUT2D eigenvalue weighted by atomic mass is 10.0. The van der Waals surface area contributed by atoms with Crippen molar-refractivity contribution in [3.8, 4) is 5.75 Å². The molecule has 0 aliphatic rings. The van der Waals surface area contributed by atoms with Crippen molar-refractivity contribution >= 4 is 5.96 Å². The van der Waals surface area contributed by atoms with Crippen LogP contribution in [-0.2, 0) is 0 Å². The van der Waals surface area contributed by atoms with E-state index in [-0.39, 0.29) is 6.04 Å². The van der Waals surface area contributed by atoms with Crippen LogP contribution >= 0.6 is 0 Å². The molecule has 1 unspecified atom stereocenters. The highest BCUT2D eigenvalue weighted by Gasteiger charge is 2.19. The zero-order chi connectivity index (χ0) is 17.9. The standard InChI is InChI=1S/C19H32N4O/c1-7-8-11-14-23(5)19(20-2)21-15-17(22(3)4)16-12-9-10-13-18(16)24-6/h7,9-10,12-13,17H,1,8,11,14-15H2,2-6H3,(H,20,21). The number of nitrogens with zero attached hydrogens (tertiary/aromatic N) is 3. The van der Waals surface area contributed by atoms with Gasteiger partial charge in [-0.2, -0.15) is 0 Å². The predicted molar refractivity (Wildman–Crippen MR) is 103 cm³/mol. The number of unbranched alkanes of at least 4 members (excludes halogenated alkanes) is 1. The predicted octanol–water partition coefficient (Wildman–Crippen LogP) is 2.77. The Morgan fingerprint density at radius 2 is 2.04 bits per heavy atom. The third kappa shape index (κ3) is 5.89. The number of guanidine groups is 1. The molecule has 1 aromatic rings. The van der Waals surface area contributed by atoms with E-state index in [0.717, 1.165) is 37.6 Å². The summed E-state index contributed by atoms with van der Waals surface area (Å²) in [5.41, 5.74) is 1.17. The Morgan fingerprint density at radius 1 is 1.33 bits per heavy atom. The highest BCUT2D eigenvalue weighted by atomic mass is 16.5. The van der Waals surface area contributed by atoms with E-state index < -0.39 is 0 Å². The first kappa shape index (κ1) is 20.0. The lowest BCUT2D eigenvalue weighted by Crippen LogP contribution is -2.43. The summed E-state index contributed by atoms with van der Waals surface area (Å²) in [6.07, 6.45) is 4.04. The SMILES string of the molecule is C=CCCCN(C)C(=NC)NCC(c1ccccc1OC)N(C)C. The summed E-state index contributed by atoms with van der Waals surface area (Å²) >= 11 is 0. The molecule has 0 aliphatic heterocycles. The molecule has 134 valence electrons. The van der Waals surface area contributed by atoms with Crippen LogP contribution in [0, 0.1) is 0 Å². The Kier molecular flexibility index (Phi) is 8.94. The van der Waals surface area contributed by atoms with Crippen molar-refractivity contribution in [2.24, 2.45) is 4.99 Å². The molecule has 0 saturated carbocycles. The van der Waals surface area contributed by atoms with Gasteiger partial charge >= 0.3 is 0 Å². The lowest BCUT2D eigenvalue weighted by molar-refractivity contribution is 0.285. The average Bonchev–Trinajstić information content (AvgIpc) is 2.58. The number of ether oxygens (including phenoxy) is 1. The number of hydrogen-bond acceptors (Lipinski definition) is 3. The van der Waals surface area contributed by atoms with Crippen LogP contribution in [0.25, 0.3) is 0 Å². The normalized spacial score (nSPS) is 12.8. The van der Waals surface area contributed by atoms with Gasteiger partial charge in [0.05, 0.1) is 13.2 Å². The zero-order valence-corrected chi connectivity index (χ0v) is 15.7. The summed E-state index contributed by atoms with van der Waals surface area (Å²) in [7, 11) is 9.75. The molecule has 5 nitrogen and oxygen atoms in total. The molecule has 0 heterocycles. The number of aliphatic imine (C=N–C) groups is 1. The number of rotatable bonds is 9. The molecular formula is C19H32N4O. The molecule has 0 amide bonds. The van der Waals surface area contributed by atoms with Gasteiger partial charge < -0.3 is 19.9 Å². The van der Waals surface area contributed by atoms with Crippen LogP contribution in [-0.4, -0.2) is 64.1 Å². The Morgan fingerprint density at radius 3 is 2.62 bits per heavy atom. The van der Waals surface area contributed by atoms with Gasteiger partial charge in [-0.1, -0.05) is 24.3 Å². The average molecular weight is 332 g/mol. The highest BCUT2D eigenvalue weighted by molar-refractivity contribution is 5.79. The minimum atomic E-state index is 0.194. The van der Waals surface area contributed by atoms with Crippen molar-refractivity contribution in [1.29, 1.82) is 0 Å². The van der Waals surface area contributed by atoms with Gasteiger partial charge in [0.25, 0.3) is 0 Å². The van der Waals surface area contributed by atoms with E-state index in [0.29, 0.717) is 0 Å². The van der Waals surface area contributed by atoms with Crippen LogP contribution in [0.2, 0.25) is 0 Å². The maximum atomic E-state index is 5.52. The van der Waals surface area contributed by atoms with Crippen molar-refractivity contribution in [3.05, 3.63) is 42.5 Å².